The summed E-state index contributed by atoms with van der Waals surface area (Å²) in [7, 11) is 0. The highest BCUT2D eigenvalue weighted by molar-refractivity contribution is 6.31. The molecule has 114 valence electrons. The normalized spacial score (nSPS) is 18.2. The number of rotatable bonds is 3. The molecule has 0 aliphatic heterocycles. The average Bonchev–Trinajstić information content (AvgIpc) is 2.40. The van der Waals surface area contributed by atoms with Gasteiger partial charge in [-0.3, -0.25) is 14.9 Å². The maximum absolute atomic E-state index is 12.3. The Morgan fingerprint density at radius 2 is 2.00 bits per heavy atom. The zero-order valence-corrected chi connectivity index (χ0v) is 12.9. The highest BCUT2D eigenvalue weighted by Gasteiger charge is 2.29. The average molecular weight is 311 g/mol. The molecule has 0 aromatic heterocycles. The van der Waals surface area contributed by atoms with Gasteiger partial charge in [-0.2, -0.15) is 0 Å². The van der Waals surface area contributed by atoms with Gasteiger partial charge in [0.25, 0.3) is 11.6 Å². The molecule has 0 spiro atoms. The van der Waals surface area contributed by atoms with Crippen molar-refractivity contribution < 1.29 is 9.72 Å². The van der Waals surface area contributed by atoms with Gasteiger partial charge in [-0.1, -0.05) is 25.4 Å². The van der Waals surface area contributed by atoms with Crippen LogP contribution in [0.15, 0.2) is 18.2 Å². The molecule has 0 atom stereocenters. The monoisotopic (exact) mass is 310 g/mol. The predicted octanol–water partition coefficient (Wildman–Crippen LogP) is 3.95. The summed E-state index contributed by atoms with van der Waals surface area (Å²) in [4.78, 5) is 22.7. The maximum atomic E-state index is 12.3. The molecule has 1 saturated carbocycles. The van der Waals surface area contributed by atoms with E-state index in [9.17, 15) is 14.9 Å². The van der Waals surface area contributed by atoms with Crippen LogP contribution in [0.1, 0.15) is 49.9 Å². The first kappa shape index (κ1) is 15.8. The van der Waals surface area contributed by atoms with E-state index in [1.165, 1.54) is 18.2 Å². The van der Waals surface area contributed by atoms with Crippen LogP contribution >= 0.6 is 11.6 Å². The molecule has 2 rings (SSSR count). The fraction of sp³-hybridized carbons (Fsp3) is 0.533. The number of carbonyl (C=O) groups is 1. The second-order valence-electron chi connectivity index (χ2n) is 6.33. The molecule has 1 aromatic rings. The highest BCUT2D eigenvalue weighted by atomic mass is 35.5. The van der Waals surface area contributed by atoms with E-state index < -0.39 is 10.8 Å². The molecule has 0 bridgehead atoms. The Balaban J connectivity index is 2.11. The standard InChI is InChI=1S/C15H19ClN2O3/c1-15(2)7-5-11(6-8-15)17-14(19)12-9-10(16)3-4-13(12)18(20)21/h3-4,9,11H,5-8H2,1-2H3,(H,17,19). The van der Waals surface area contributed by atoms with E-state index >= 15 is 0 Å². The maximum Gasteiger partial charge on any atom is 0.282 e. The Labute approximate surface area is 128 Å². The van der Waals surface area contributed by atoms with Crippen molar-refractivity contribution in [3.63, 3.8) is 0 Å². The zero-order chi connectivity index (χ0) is 15.6. The first-order valence-corrected chi connectivity index (χ1v) is 7.41. The van der Waals surface area contributed by atoms with Gasteiger partial charge in [0.2, 0.25) is 0 Å². The number of carbonyl (C=O) groups excluding carboxylic acids is 1. The lowest BCUT2D eigenvalue weighted by Gasteiger charge is -2.34. The van der Waals surface area contributed by atoms with Gasteiger partial charge in [0.1, 0.15) is 5.56 Å². The molecule has 1 amide bonds. The quantitative estimate of drug-likeness (QED) is 0.678. The van der Waals surface area contributed by atoms with E-state index in [2.05, 4.69) is 19.2 Å². The lowest BCUT2D eigenvalue weighted by molar-refractivity contribution is -0.385. The van der Waals surface area contributed by atoms with Crippen LogP contribution < -0.4 is 5.32 Å². The van der Waals surface area contributed by atoms with Gasteiger partial charge in [0.05, 0.1) is 4.92 Å². The largest absolute Gasteiger partial charge is 0.349 e. The van der Waals surface area contributed by atoms with E-state index in [1.54, 1.807) is 0 Å². The van der Waals surface area contributed by atoms with Crippen LogP contribution in [0, 0.1) is 15.5 Å². The van der Waals surface area contributed by atoms with Gasteiger partial charge in [-0.05, 0) is 43.2 Å². The van der Waals surface area contributed by atoms with Crippen molar-refractivity contribution in [2.24, 2.45) is 5.41 Å². The fourth-order valence-corrected chi connectivity index (χ4v) is 2.83. The van der Waals surface area contributed by atoms with E-state index in [0.717, 1.165) is 25.7 Å². The molecule has 1 fully saturated rings. The number of benzene rings is 1. The molecule has 6 heteroatoms. The molecule has 1 aliphatic rings. The van der Waals surface area contributed by atoms with E-state index in [1.807, 2.05) is 0 Å². The first-order valence-electron chi connectivity index (χ1n) is 7.03. The van der Waals surface area contributed by atoms with Crippen molar-refractivity contribution in [2.45, 2.75) is 45.6 Å². The lowest BCUT2D eigenvalue weighted by Crippen LogP contribution is -2.39. The molecule has 21 heavy (non-hydrogen) atoms. The summed E-state index contributed by atoms with van der Waals surface area (Å²) in [6, 6.07) is 4.10. The molecular formula is C15H19ClN2O3. The lowest BCUT2D eigenvalue weighted by atomic mass is 9.75. The number of nitro groups is 1. The van der Waals surface area contributed by atoms with Gasteiger partial charge >= 0.3 is 0 Å². The van der Waals surface area contributed by atoms with Gasteiger partial charge < -0.3 is 5.32 Å². The third-order valence-electron chi connectivity index (χ3n) is 4.07. The van der Waals surface area contributed by atoms with Crippen molar-refractivity contribution in [3.8, 4) is 0 Å². The fourth-order valence-electron chi connectivity index (χ4n) is 2.66. The molecular weight excluding hydrogens is 292 g/mol. The van der Waals surface area contributed by atoms with E-state index in [0.29, 0.717) is 10.4 Å². The van der Waals surface area contributed by atoms with Crippen LogP contribution in [0.5, 0.6) is 0 Å². The summed E-state index contributed by atoms with van der Waals surface area (Å²) in [6.07, 6.45) is 3.87. The second kappa shape index (κ2) is 6.02. The van der Waals surface area contributed by atoms with Crippen LogP contribution in [-0.4, -0.2) is 16.9 Å². The minimum absolute atomic E-state index is 0.0253. The minimum atomic E-state index is -0.560. The third kappa shape index (κ3) is 3.94. The summed E-state index contributed by atoms with van der Waals surface area (Å²) >= 11 is 5.84. The number of halogens is 1. The van der Waals surface area contributed by atoms with Gasteiger partial charge in [0, 0.05) is 17.1 Å². The van der Waals surface area contributed by atoms with Crippen LogP contribution in [0.25, 0.3) is 0 Å². The molecule has 0 heterocycles. The number of amides is 1. The van der Waals surface area contributed by atoms with Gasteiger partial charge in [0.15, 0.2) is 0 Å². The predicted molar refractivity (Wildman–Crippen MR) is 81.6 cm³/mol. The van der Waals surface area contributed by atoms with Crippen molar-refractivity contribution in [2.75, 3.05) is 0 Å². The molecule has 0 unspecified atom stereocenters. The highest BCUT2D eigenvalue weighted by Crippen LogP contribution is 2.35. The molecule has 1 aliphatic carbocycles. The number of nitrogens with one attached hydrogen (secondary N) is 1. The summed E-state index contributed by atoms with van der Waals surface area (Å²) in [6.45, 7) is 4.43. The van der Waals surface area contributed by atoms with E-state index in [4.69, 9.17) is 11.6 Å². The second-order valence-corrected chi connectivity index (χ2v) is 6.77. The number of nitrogens with zero attached hydrogens (tertiary/aromatic N) is 1. The summed E-state index contributed by atoms with van der Waals surface area (Å²) in [5.74, 6) is -0.422. The Morgan fingerprint density at radius 3 is 2.57 bits per heavy atom. The third-order valence-corrected chi connectivity index (χ3v) is 4.31. The Bertz CT molecular complexity index is 562. The number of nitro benzene ring substituents is 1. The molecule has 1 N–H and O–H groups in total. The Hall–Kier alpha value is -1.62. The molecule has 0 radical (unpaired) electrons. The SMILES string of the molecule is CC1(C)CCC(NC(=O)c2cc(Cl)ccc2[N+](=O)[O-])CC1. The number of hydrogen-bond acceptors (Lipinski definition) is 3. The number of hydrogen-bond donors (Lipinski definition) is 1. The molecule has 0 saturated heterocycles. The first-order chi connectivity index (χ1) is 9.78. The van der Waals surface area contributed by atoms with Gasteiger partial charge in [-0.15, -0.1) is 0 Å². The van der Waals surface area contributed by atoms with Crippen LogP contribution in [0.2, 0.25) is 5.02 Å². The van der Waals surface area contributed by atoms with Gasteiger partial charge in [-0.25, -0.2) is 0 Å². The Kier molecular flexibility index (Phi) is 4.52. The summed E-state index contributed by atoms with van der Waals surface area (Å²) in [5.41, 5.74) is 0.119. The summed E-state index contributed by atoms with van der Waals surface area (Å²) < 4.78 is 0. The van der Waals surface area contributed by atoms with Crippen LogP contribution in [-0.2, 0) is 0 Å². The van der Waals surface area contributed by atoms with Crippen molar-refractivity contribution in [3.05, 3.63) is 38.9 Å². The molecule has 1 aromatic carbocycles. The smallest absolute Gasteiger partial charge is 0.282 e. The van der Waals surface area contributed by atoms with Crippen molar-refractivity contribution in [1.29, 1.82) is 0 Å². The molecule has 5 nitrogen and oxygen atoms in total. The summed E-state index contributed by atoms with van der Waals surface area (Å²) in [5, 5.41) is 14.2. The van der Waals surface area contributed by atoms with E-state index in [-0.39, 0.29) is 17.3 Å². The van der Waals surface area contributed by atoms with Crippen LogP contribution in [0.3, 0.4) is 0 Å². The zero-order valence-electron chi connectivity index (χ0n) is 12.2. The minimum Gasteiger partial charge on any atom is -0.349 e. The van der Waals surface area contributed by atoms with Crippen molar-refractivity contribution in [1.82, 2.24) is 5.32 Å². The van der Waals surface area contributed by atoms with Crippen molar-refractivity contribution >= 4 is 23.2 Å². The topological polar surface area (TPSA) is 72.2 Å². The Morgan fingerprint density at radius 1 is 1.38 bits per heavy atom. The van der Waals surface area contributed by atoms with Crippen LogP contribution in [0.4, 0.5) is 5.69 Å².